The van der Waals surface area contributed by atoms with Gasteiger partial charge in [0.1, 0.15) is 0 Å². The number of nitrogens with one attached hydrogen (secondary N) is 1. The first-order chi connectivity index (χ1) is 13.0. The van der Waals surface area contributed by atoms with Gasteiger partial charge in [-0.1, -0.05) is 23.3 Å². The summed E-state index contributed by atoms with van der Waals surface area (Å²) in [5.41, 5.74) is 4.30. The van der Waals surface area contributed by atoms with Gasteiger partial charge in [-0.3, -0.25) is 15.1 Å². The Morgan fingerprint density at radius 3 is 2.78 bits per heavy atom. The number of methoxy groups -OCH3 is 1. The largest absolute Gasteiger partial charge is 0.472 e. The fraction of sp³-hybridized carbons (Fsp3) is 0.263. The molecule has 0 aliphatic carbocycles. The van der Waals surface area contributed by atoms with E-state index in [9.17, 15) is 4.79 Å². The summed E-state index contributed by atoms with van der Waals surface area (Å²) >= 11 is 1.17. The Kier molecular flexibility index (Phi) is 5.78. The van der Waals surface area contributed by atoms with Crippen molar-refractivity contribution in [2.45, 2.75) is 13.5 Å². The average Bonchev–Trinajstić information content (AvgIpc) is 3.08. The van der Waals surface area contributed by atoms with E-state index in [4.69, 9.17) is 4.74 Å². The van der Waals surface area contributed by atoms with Crippen LogP contribution in [0.4, 0.5) is 5.13 Å². The van der Waals surface area contributed by atoms with Crippen molar-refractivity contribution < 1.29 is 9.53 Å². The first kappa shape index (κ1) is 18.9. The van der Waals surface area contributed by atoms with Gasteiger partial charge >= 0.3 is 0 Å². The Bertz CT molecular complexity index is 955. The van der Waals surface area contributed by atoms with Crippen LogP contribution in [0.2, 0.25) is 0 Å². The van der Waals surface area contributed by atoms with E-state index >= 15 is 0 Å². The molecule has 0 aliphatic rings. The summed E-state index contributed by atoms with van der Waals surface area (Å²) in [5.74, 6) is -0.283. The molecule has 3 rings (SSSR count). The number of hydrogen-bond acceptors (Lipinski definition) is 7. The Morgan fingerprint density at radius 2 is 2.07 bits per heavy atom. The normalized spacial score (nSPS) is 10.9. The molecule has 0 aliphatic heterocycles. The third-order valence-electron chi connectivity index (χ3n) is 3.82. The monoisotopic (exact) mass is 383 g/mol. The molecule has 2 heterocycles. The molecule has 0 atom stereocenters. The number of carbonyl (C=O) groups is 1. The third kappa shape index (κ3) is 4.66. The van der Waals surface area contributed by atoms with E-state index in [2.05, 4.69) is 37.5 Å². The second-order valence-corrected chi connectivity index (χ2v) is 7.28. The van der Waals surface area contributed by atoms with Crippen LogP contribution in [0, 0.1) is 6.92 Å². The number of ether oxygens (including phenoxy) is 1. The van der Waals surface area contributed by atoms with Crippen LogP contribution in [0.3, 0.4) is 0 Å². The molecule has 1 aromatic carbocycles. The van der Waals surface area contributed by atoms with Gasteiger partial charge in [0.05, 0.1) is 12.7 Å². The smallest absolute Gasteiger partial charge is 0.295 e. The van der Waals surface area contributed by atoms with Crippen molar-refractivity contribution in [2.24, 2.45) is 0 Å². The minimum absolute atomic E-state index is 0.283. The Labute approximate surface area is 162 Å². The molecule has 3 aromatic rings. The number of benzene rings is 1. The van der Waals surface area contributed by atoms with Crippen LogP contribution < -0.4 is 10.1 Å². The molecule has 2 aromatic heterocycles. The second kappa shape index (κ2) is 8.24. The number of aromatic nitrogens is 3. The van der Waals surface area contributed by atoms with Crippen molar-refractivity contribution in [1.29, 1.82) is 0 Å². The fourth-order valence-corrected chi connectivity index (χ4v) is 3.24. The van der Waals surface area contributed by atoms with Gasteiger partial charge in [0.15, 0.2) is 0 Å². The average molecular weight is 383 g/mol. The standard InChI is InChI=1S/C19H21N5O2S/c1-12-8-15(14-7-5-6-13(9-14)11-24(2)3)16(10-20-12)17(25)21-18-22-23-19(26-4)27-18/h5-10H,11H2,1-4H3,(H,21,22,25). The van der Waals surface area contributed by atoms with Gasteiger partial charge < -0.3 is 9.64 Å². The lowest BCUT2D eigenvalue weighted by Crippen LogP contribution is -2.14. The number of rotatable bonds is 6. The Hall–Kier alpha value is -2.84. The molecule has 0 fully saturated rings. The molecule has 140 valence electrons. The van der Waals surface area contributed by atoms with E-state index in [1.54, 1.807) is 6.20 Å². The zero-order valence-electron chi connectivity index (χ0n) is 15.7. The quantitative estimate of drug-likeness (QED) is 0.704. The zero-order valence-corrected chi connectivity index (χ0v) is 16.5. The minimum atomic E-state index is -0.283. The molecular weight excluding hydrogens is 362 g/mol. The van der Waals surface area contributed by atoms with Gasteiger partial charge in [-0.05, 0) is 61.2 Å². The number of hydrogen-bond donors (Lipinski definition) is 1. The van der Waals surface area contributed by atoms with Gasteiger partial charge in [0.2, 0.25) is 5.13 Å². The van der Waals surface area contributed by atoms with Gasteiger partial charge in [-0.15, -0.1) is 5.10 Å². The lowest BCUT2D eigenvalue weighted by atomic mass is 9.98. The molecule has 27 heavy (non-hydrogen) atoms. The predicted octanol–water partition coefficient (Wildman–Crippen LogP) is 3.23. The number of aryl methyl sites for hydroxylation is 1. The number of anilines is 1. The molecule has 8 heteroatoms. The van der Waals surface area contributed by atoms with Crippen LogP contribution in [0.1, 0.15) is 21.6 Å². The molecule has 0 saturated carbocycles. The topological polar surface area (TPSA) is 80.2 Å². The van der Waals surface area contributed by atoms with Gasteiger partial charge in [-0.25, -0.2) is 0 Å². The maximum atomic E-state index is 12.8. The van der Waals surface area contributed by atoms with Crippen LogP contribution >= 0.6 is 11.3 Å². The van der Waals surface area contributed by atoms with E-state index in [0.29, 0.717) is 15.9 Å². The van der Waals surface area contributed by atoms with Crippen molar-refractivity contribution in [3.8, 4) is 16.3 Å². The van der Waals surface area contributed by atoms with Crippen molar-refractivity contribution in [3.63, 3.8) is 0 Å². The summed E-state index contributed by atoms with van der Waals surface area (Å²) < 4.78 is 5.01. The highest BCUT2D eigenvalue weighted by molar-refractivity contribution is 7.17. The Morgan fingerprint density at radius 1 is 1.26 bits per heavy atom. The molecule has 0 bridgehead atoms. The van der Waals surface area contributed by atoms with Crippen molar-refractivity contribution in [1.82, 2.24) is 20.1 Å². The fourth-order valence-electron chi connectivity index (χ4n) is 2.69. The van der Waals surface area contributed by atoms with E-state index in [0.717, 1.165) is 23.4 Å². The molecule has 0 unspecified atom stereocenters. The summed E-state index contributed by atoms with van der Waals surface area (Å²) in [7, 11) is 5.56. The SMILES string of the molecule is COc1nnc(NC(=O)c2cnc(C)cc2-c2cccc(CN(C)C)c2)s1. The molecule has 1 amide bonds. The van der Waals surface area contributed by atoms with Crippen LogP contribution in [-0.2, 0) is 6.54 Å². The maximum absolute atomic E-state index is 12.8. The number of pyridine rings is 1. The molecule has 0 saturated heterocycles. The lowest BCUT2D eigenvalue weighted by molar-refractivity contribution is 0.102. The van der Waals surface area contributed by atoms with Crippen molar-refractivity contribution in [3.05, 3.63) is 53.3 Å². The molecule has 7 nitrogen and oxygen atoms in total. The van der Waals surface area contributed by atoms with Gasteiger partial charge in [0, 0.05) is 18.4 Å². The minimum Gasteiger partial charge on any atom is -0.472 e. The van der Waals surface area contributed by atoms with E-state index in [1.165, 1.54) is 24.0 Å². The zero-order chi connectivity index (χ0) is 19.4. The van der Waals surface area contributed by atoms with Crippen LogP contribution in [-0.4, -0.2) is 47.2 Å². The van der Waals surface area contributed by atoms with E-state index < -0.39 is 0 Å². The molecular formula is C19H21N5O2S. The molecule has 0 radical (unpaired) electrons. The highest BCUT2D eigenvalue weighted by atomic mass is 32.1. The summed E-state index contributed by atoms with van der Waals surface area (Å²) in [5, 5.41) is 11.3. The van der Waals surface area contributed by atoms with E-state index in [1.807, 2.05) is 39.2 Å². The first-order valence-corrected chi connectivity index (χ1v) is 9.17. The number of nitrogens with zero attached hydrogens (tertiary/aromatic N) is 4. The molecule has 1 N–H and O–H groups in total. The van der Waals surface area contributed by atoms with Crippen molar-refractivity contribution in [2.75, 3.05) is 26.5 Å². The first-order valence-electron chi connectivity index (χ1n) is 8.36. The lowest BCUT2D eigenvalue weighted by Gasteiger charge is -2.13. The summed E-state index contributed by atoms with van der Waals surface area (Å²) in [6.45, 7) is 2.73. The highest BCUT2D eigenvalue weighted by Gasteiger charge is 2.16. The third-order valence-corrected chi connectivity index (χ3v) is 4.62. The van der Waals surface area contributed by atoms with Crippen LogP contribution in [0.25, 0.3) is 11.1 Å². The predicted molar refractivity (Wildman–Crippen MR) is 106 cm³/mol. The number of carbonyl (C=O) groups excluding carboxylic acids is 1. The number of amides is 1. The van der Waals surface area contributed by atoms with Crippen LogP contribution in [0.5, 0.6) is 5.19 Å². The summed E-state index contributed by atoms with van der Waals surface area (Å²) in [6.07, 6.45) is 1.59. The second-order valence-electron chi connectivity index (χ2n) is 6.34. The summed E-state index contributed by atoms with van der Waals surface area (Å²) in [4.78, 5) is 19.2. The van der Waals surface area contributed by atoms with Gasteiger partial charge in [0.25, 0.3) is 11.1 Å². The summed E-state index contributed by atoms with van der Waals surface area (Å²) in [6, 6.07) is 10.1. The molecule has 0 spiro atoms. The highest BCUT2D eigenvalue weighted by Crippen LogP contribution is 2.27. The van der Waals surface area contributed by atoms with E-state index in [-0.39, 0.29) is 5.91 Å². The van der Waals surface area contributed by atoms with Gasteiger partial charge in [-0.2, -0.15) is 0 Å². The maximum Gasteiger partial charge on any atom is 0.295 e. The van der Waals surface area contributed by atoms with Crippen molar-refractivity contribution >= 4 is 22.4 Å². The van der Waals surface area contributed by atoms with Crippen LogP contribution in [0.15, 0.2) is 36.5 Å². The Balaban J connectivity index is 1.94.